The van der Waals surface area contributed by atoms with Crippen molar-refractivity contribution in [2.45, 2.75) is 20.8 Å². The Hall–Kier alpha value is -1.50. The minimum Gasteiger partial charge on any atom is -0.481 e. The van der Waals surface area contributed by atoms with Crippen molar-refractivity contribution in [1.29, 1.82) is 0 Å². The van der Waals surface area contributed by atoms with E-state index in [4.69, 9.17) is 5.11 Å². The second kappa shape index (κ2) is 5.87. The highest BCUT2D eigenvalue weighted by Crippen LogP contribution is 2.29. The number of amides is 1. The van der Waals surface area contributed by atoms with Gasteiger partial charge in [-0.1, -0.05) is 20.8 Å². The zero-order chi connectivity index (χ0) is 15.7. The van der Waals surface area contributed by atoms with Crippen LogP contribution in [0.3, 0.4) is 0 Å². The highest BCUT2D eigenvalue weighted by Gasteiger charge is 2.38. The number of carboxylic acid groups (broad SMARTS) is 1. The van der Waals surface area contributed by atoms with Gasteiger partial charge in [0.1, 0.15) is 17.6 Å². The molecule has 7 heteroatoms. The van der Waals surface area contributed by atoms with Crippen LogP contribution in [0.15, 0.2) is 16.6 Å². The van der Waals surface area contributed by atoms with Crippen LogP contribution in [0.5, 0.6) is 0 Å². The van der Waals surface area contributed by atoms with Crippen LogP contribution in [0.2, 0.25) is 0 Å². The molecule has 4 nitrogen and oxygen atoms in total. The molecule has 1 unspecified atom stereocenters. The third-order valence-corrected chi connectivity index (χ3v) is 3.25. The molecule has 1 rings (SSSR count). The number of nitrogens with one attached hydrogen (secondary N) is 1. The summed E-state index contributed by atoms with van der Waals surface area (Å²) < 4.78 is 26.8. The van der Waals surface area contributed by atoms with E-state index in [2.05, 4.69) is 21.2 Å². The van der Waals surface area contributed by atoms with Crippen molar-refractivity contribution in [3.05, 3.63) is 28.2 Å². The maximum Gasteiger partial charge on any atom is 0.316 e. The van der Waals surface area contributed by atoms with Gasteiger partial charge in [-0.2, -0.15) is 0 Å². The van der Waals surface area contributed by atoms with Gasteiger partial charge in [-0.25, -0.2) is 8.78 Å². The van der Waals surface area contributed by atoms with Gasteiger partial charge in [-0.15, -0.1) is 0 Å². The van der Waals surface area contributed by atoms with E-state index in [9.17, 15) is 18.4 Å². The molecule has 110 valence electrons. The molecule has 2 N–H and O–H groups in total. The topological polar surface area (TPSA) is 66.4 Å². The zero-order valence-corrected chi connectivity index (χ0v) is 12.7. The van der Waals surface area contributed by atoms with Crippen molar-refractivity contribution in [2.75, 3.05) is 5.32 Å². The molecule has 0 aromatic heterocycles. The summed E-state index contributed by atoms with van der Waals surface area (Å²) in [6.07, 6.45) is 0. The number of aliphatic carboxylic acids is 1. The maximum absolute atomic E-state index is 13.6. The Morgan fingerprint density at radius 1 is 1.25 bits per heavy atom. The molecular weight excluding hydrogens is 336 g/mol. The third-order valence-electron chi connectivity index (χ3n) is 2.64. The van der Waals surface area contributed by atoms with Crippen LogP contribution in [0.4, 0.5) is 14.5 Å². The second-order valence-corrected chi connectivity index (χ2v) is 6.23. The lowest BCUT2D eigenvalue weighted by atomic mass is 9.80. The summed E-state index contributed by atoms with van der Waals surface area (Å²) >= 11 is 2.81. The van der Waals surface area contributed by atoms with E-state index in [-0.39, 0.29) is 4.47 Å². The van der Waals surface area contributed by atoms with Crippen molar-refractivity contribution >= 4 is 33.5 Å². The van der Waals surface area contributed by atoms with Crippen LogP contribution in [-0.2, 0) is 9.59 Å². The number of hydrogen-bond donors (Lipinski definition) is 2. The van der Waals surface area contributed by atoms with E-state index < -0.39 is 40.5 Å². The Labute approximate surface area is 123 Å². The lowest BCUT2D eigenvalue weighted by molar-refractivity contribution is -0.149. The Bertz CT molecular complexity index is 555. The van der Waals surface area contributed by atoms with Gasteiger partial charge in [0.2, 0.25) is 5.91 Å². The zero-order valence-electron chi connectivity index (χ0n) is 11.1. The fourth-order valence-corrected chi connectivity index (χ4v) is 2.01. The molecule has 1 atom stereocenters. The lowest BCUT2D eigenvalue weighted by Gasteiger charge is -2.26. The highest BCUT2D eigenvalue weighted by molar-refractivity contribution is 9.10. The van der Waals surface area contributed by atoms with E-state index >= 15 is 0 Å². The van der Waals surface area contributed by atoms with E-state index in [1.54, 1.807) is 20.8 Å². The number of carbonyl (C=O) groups excluding carboxylic acids is 1. The smallest absolute Gasteiger partial charge is 0.316 e. The summed E-state index contributed by atoms with van der Waals surface area (Å²) in [5, 5.41) is 11.2. The SMILES string of the molecule is CC(C)(C)C(C(=O)O)C(=O)Nc1cc(F)c(Br)cc1F. The molecule has 0 heterocycles. The number of anilines is 1. The number of carbonyl (C=O) groups is 2. The number of rotatable bonds is 3. The Morgan fingerprint density at radius 2 is 1.80 bits per heavy atom. The number of hydrogen-bond acceptors (Lipinski definition) is 2. The molecule has 0 aliphatic rings. The van der Waals surface area contributed by atoms with Gasteiger partial charge in [0.05, 0.1) is 10.2 Å². The largest absolute Gasteiger partial charge is 0.481 e. The normalized spacial score (nSPS) is 12.9. The molecular formula is C13H14BrF2NO3. The first kappa shape index (κ1) is 16.6. The molecule has 20 heavy (non-hydrogen) atoms. The maximum atomic E-state index is 13.6. The molecule has 0 fully saturated rings. The van der Waals surface area contributed by atoms with Crippen molar-refractivity contribution in [3.63, 3.8) is 0 Å². The molecule has 0 spiro atoms. The third kappa shape index (κ3) is 3.75. The van der Waals surface area contributed by atoms with Crippen LogP contribution in [0.1, 0.15) is 20.8 Å². The molecule has 0 radical (unpaired) electrons. The van der Waals surface area contributed by atoms with Gasteiger partial charge >= 0.3 is 5.97 Å². The van der Waals surface area contributed by atoms with E-state index in [0.29, 0.717) is 0 Å². The predicted octanol–water partition coefficient (Wildman–Crippen LogP) is 3.41. The minimum atomic E-state index is -1.38. The van der Waals surface area contributed by atoms with Gasteiger partial charge in [0.15, 0.2) is 0 Å². The van der Waals surface area contributed by atoms with Gasteiger partial charge in [-0.3, -0.25) is 9.59 Å². The van der Waals surface area contributed by atoms with E-state index in [0.717, 1.165) is 12.1 Å². The quantitative estimate of drug-likeness (QED) is 0.649. The summed E-state index contributed by atoms with van der Waals surface area (Å²) in [6.45, 7) is 4.72. The number of benzene rings is 1. The van der Waals surface area contributed by atoms with Crippen LogP contribution >= 0.6 is 15.9 Å². The second-order valence-electron chi connectivity index (χ2n) is 5.37. The summed E-state index contributed by atoms with van der Waals surface area (Å²) in [6, 6.07) is 1.65. The highest BCUT2D eigenvalue weighted by atomic mass is 79.9. The van der Waals surface area contributed by atoms with E-state index in [1.807, 2.05) is 0 Å². The lowest BCUT2D eigenvalue weighted by Crippen LogP contribution is -2.39. The average molecular weight is 350 g/mol. The molecule has 1 amide bonds. The van der Waals surface area contributed by atoms with Crippen molar-refractivity contribution in [3.8, 4) is 0 Å². The van der Waals surface area contributed by atoms with Gasteiger partial charge in [0, 0.05) is 6.07 Å². The number of carboxylic acids is 1. The molecule has 0 aliphatic heterocycles. The minimum absolute atomic E-state index is 0.0846. The molecule has 0 saturated heterocycles. The monoisotopic (exact) mass is 349 g/mol. The first-order valence-corrected chi connectivity index (χ1v) is 6.51. The molecule has 0 aliphatic carbocycles. The number of halogens is 3. The Balaban J connectivity index is 3.06. The fraction of sp³-hybridized carbons (Fsp3) is 0.385. The van der Waals surface area contributed by atoms with Gasteiger partial charge in [-0.05, 0) is 27.4 Å². The van der Waals surface area contributed by atoms with Crippen molar-refractivity contribution in [1.82, 2.24) is 0 Å². The standard InChI is InChI=1S/C13H14BrF2NO3/c1-13(2,3)10(12(19)20)11(18)17-9-5-7(15)6(14)4-8(9)16/h4-5,10H,1-3H3,(H,17,18)(H,19,20). The van der Waals surface area contributed by atoms with Gasteiger partial charge in [0.25, 0.3) is 0 Å². The van der Waals surface area contributed by atoms with Crippen molar-refractivity contribution < 1.29 is 23.5 Å². The average Bonchev–Trinajstić information content (AvgIpc) is 2.22. The molecule has 1 aromatic carbocycles. The van der Waals surface area contributed by atoms with Crippen LogP contribution in [0, 0.1) is 23.0 Å². The summed E-state index contributed by atoms with van der Waals surface area (Å²) in [5.41, 5.74) is -1.26. The molecule has 1 aromatic rings. The molecule has 0 saturated carbocycles. The van der Waals surface area contributed by atoms with Crippen LogP contribution in [0.25, 0.3) is 0 Å². The summed E-state index contributed by atoms with van der Waals surface area (Å²) in [7, 11) is 0. The molecule has 0 bridgehead atoms. The first-order valence-electron chi connectivity index (χ1n) is 5.72. The fourth-order valence-electron chi connectivity index (χ4n) is 1.70. The Kier molecular flexibility index (Phi) is 4.86. The summed E-state index contributed by atoms with van der Waals surface area (Å²) in [5.74, 6) is -5.22. The van der Waals surface area contributed by atoms with Crippen LogP contribution in [-0.4, -0.2) is 17.0 Å². The van der Waals surface area contributed by atoms with Crippen molar-refractivity contribution in [2.24, 2.45) is 11.3 Å². The van der Waals surface area contributed by atoms with Crippen LogP contribution < -0.4 is 5.32 Å². The first-order chi connectivity index (χ1) is 9.04. The summed E-state index contributed by atoms with van der Waals surface area (Å²) in [4.78, 5) is 23.1. The van der Waals surface area contributed by atoms with Gasteiger partial charge < -0.3 is 10.4 Å². The Morgan fingerprint density at radius 3 is 2.25 bits per heavy atom. The predicted molar refractivity (Wildman–Crippen MR) is 73.3 cm³/mol. The van der Waals surface area contributed by atoms with E-state index in [1.165, 1.54) is 0 Å².